The lowest BCUT2D eigenvalue weighted by molar-refractivity contribution is 0.298. The molecule has 0 aromatic carbocycles. The van der Waals surface area contributed by atoms with Crippen molar-refractivity contribution in [2.45, 2.75) is 6.42 Å². The van der Waals surface area contributed by atoms with E-state index in [-0.39, 0.29) is 6.61 Å². The molecule has 0 fully saturated rings. The van der Waals surface area contributed by atoms with Gasteiger partial charge in [-0.25, -0.2) is 0 Å². The van der Waals surface area contributed by atoms with Gasteiger partial charge in [-0.2, -0.15) is 0 Å². The van der Waals surface area contributed by atoms with Gasteiger partial charge in [0.25, 0.3) is 0 Å². The molecule has 0 saturated heterocycles. The highest BCUT2D eigenvalue weighted by molar-refractivity contribution is 5.76. The number of hydrogen-bond acceptors (Lipinski definition) is 4. The van der Waals surface area contributed by atoms with Crippen LogP contribution < -0.4 is 0 Å². The van der Waals surface area contributed by atoms with Crippen molar-refractivity contribution in [1.29, 1.82) is 0 Å². The lowest BCUT2D eigenvalue weighted by atomic mass is 10.3. The van der Waals surface area contributed by atoms with E-state index in [1.54, 1.807) is 6.20 Å². The van der Waals surface area contributed by atoms with Crippen LogP contribution in [0.5, 0.6) is 0 Å². The fraction of sp³-hybridized carbons (Fsp3) is 0.286. The summed E-state index contributed by atoms with van der Waals surface area (Å²) < 4.78 is 0. The smallest absolute Gasteiger partial charge is 0.114 e. The lowest BCUT2D eigenvalue weighted by Gasteiger charge is -1.95. The number of nitrogens with zero attached hydrogens (tertiary/aromatic N) is 3. The Morgan fingerprint density at radius 3 is 3.17 bits per heavy atom. The van der Waals surface area contributed by atoms with Crippen molar-refractivity contribution >= 4 is 11.0 Å². The molecule has 2 heterocycles. The Hall–Kier alpha value is -1.49. The summed E-state index contributed by atoms with van der Waals surface area (Å²) in [5.41, 5.74) is 2.40. The Morgan fingerprint density at radius 2 is 2.33 bits per heavy atom. The summed E-state index contributed by atoms with van der Waals surface area (Å²) in [6.07, 6.45) is 2.29. The van der Waals surface area contributed by atoms with Crippen molar-refractivity contribution in [3.63, 3.8) is 0 Å². The summed E-state index contributed by atoms with van der Waals surface area (Å²) in [5.74, 6) is 0. The molecule has 62 valence electrons. The summed E-state index contributed by atoms with van der Waals surface area (Å²) in [5, 5.41) is 19.9. The molecule has 0 radical (unpaired) electrons. The number of rotatable bonds is 2. The maximum atomic E-state index is 8.71. The van der Waals surface area contributed by atoms with Crippen molar-refractivity contribution in [3.05, 3.63) is 18.0 Å². The SMILES string of the molecule is OCCc1nnnc2cc[nH]c12. The molecule has 0 aliphatic carbocycles. The van der Waals surface area contributed by atoms with Gasteiger partial charge < -0.3 is 10.1 Å². The van der Waals surface area contributed by atoms with E-state index in [1.807, 2.05) is 6.07 Å². The molecule has 0 saturated carbocycles. The first-order valence-corrected chi connectivity index (χ1v) is 3.68. The Kier molecular flexibility index (Phi) is 1.71. The molecule has 0 unspecified atom stereocenters. The highest BCUT2D eigenvalue weighted by Gasteiger charge is 2.03. The predicted molar refractivity (Wildman–Crippen MR) is 42.5 cm³/mol. The first kappa shape index (κ1) is 7.17. The van der Waals surface area contributed by atoms with Crippen molar-refractivity contribution < 1.29 is 5.11 Å². The molecule has 2 aromatic rings. The van der Waals surface area contributed by atoms with Crippen molar-refractivity contribution in [3.8, 4) is 0 Å². The van der Waals surface area contributed by atoms with Crippen LogP contribution in [0.15, 0.2) is 12.3 Å². The molecule has 2 rings (SSSR count). The first-order valence-electron chi connectivity index (χ1n) is 3.68. The second kappa shape index (κ2) is 2.86. The second-order valence-electron chi connectivity index (χ2n) is 2.45. The monoisotopic (exact) mass is 164 g/mol. The molecule has 0 spiro atoms. The van der Waals surface area contributed by atoms with Crippen LogP contribution >= 0.6 is 0 Å². The van der Waals surface area contributed by atoms with Crippen LogP contribution in [0, 0.1) is 0 Å². The zero-order valence-corrected chi connectivity index (χ0v) is 6.36. The van der Waals surface area contributed by atoms with Gasteiger partial charge >= 0.3 is 0 Å². The average molecular weight is 164 g/mol. The standard InChI is InChI=1S/C7H8N4O/c12-4-2-6-7-5(1-3-8-7)9-11-10-6/h1,3,8,12H,2,4H2. The van der Waals surface area contributed by atoms with Gasteiger partial charge in [0.1, 0.15) is 5.52 Å². The number of aliphatic hydroxyl groups is 1. The molecule has 2 N–H and O–H groups in total. The molecule has 5 heteroatoms. The van der Waals surface area contributed by atoms with Gasteiger partial charge in [-0.1, -0.05) is 0 Å². The van der Waals surface area contributed by atoms with Crippen LogP contribution in [0.2, 0.25) is 0 Å². The Labute approximate surface area is 68.4 Å². The van der Waals surface area contributed by atoms with E-state index in [4.69, 9.17) is 5.11 Å². The van der Waals surface area contributed by atoms with Gasteiger partial charge in [0.2, 0.25) is 0 Å². The Morgan fingerprint density at radius 1 is 1.42 bits per heavy atom. The molecule has 2 aromatic heterocycles. The summed E-state index contributed by atoms with van der Waals surface area (Å²) in [7, 11) is 0. The number of nitrogens with one attached hydrogen (secondary N) is 1. The Bertz CT molecular complexity index is 384. The van der Waals surface area contributed by atoms with Crippen LogP contribution in [0.1, 0.15) is 5.69 Å². The molecular formula is C7H8N4O. The van der Waals surface area contributed by atoms with Gasteiger partial charge in [0.15, 0.2) is 0 Å². The highest BCUT2D eigenvalue weighted by Crippen LogP contribution is 2.10. The zero-order valence-electron chi connectivity index (χ0n) is 6.36. The molecule has 0 aliphatic heterocycles. The van der Waals surface area contributed by atoms with Crippen LogP contribution in [0.4, 0.5) is 0 Å². The van der Waals surface area contributed by atoms with E-state index < -0.39 is 0 Å². The molecule has 5 nitrogen and oxygen atoms in total. The van der Waals surface area contributed by atoms with Gasteiger partial charge in [0.05, 0.1) is 11.2 Å². The number of aromatic nitrogens is 4. The predicted octanol–water partition coefficient (Wildman–Crippen LogP) is -0.112. The molecule has 0 amide bonds. The van der Waals surface area contributed by atoms with Crippen LogP contribution in [0.25, 0.3) is 11.0 Å². The van der Waals surface area contributed by atoms with E-state index in [0.717, 1.165) is 16.7 Å². The third-order valence-corrected chi connectivity index (χ3v) is 1.68. The highest BCUT2D eigenvalue weighted by atomic mass is 16.3. The fourth-order valence-corrected chi connectivity index (χ4v) is 1.13. The first-order chi connectivity index (χ1) is 5.92. The minimum absolute atomic E-state index is 0.0762. The minimum Gasteiger partial charge on any atom is -0.396 e. The van der Waals surface area contributed by atoms with Crippen molar-refractivity contribution in [2.24, 2.45) is 0 Å². The normalized spacial score (nSPS) is 10.8. The number of H-pyrrole nitrogens is 1. The number of aliphatic hydroxyl groups excluding tert-OH is 1. The zero-order chi connectivity index (χ0) is 8.39. The van der Waals surface area contributed by atoms with Gasteiger partial charge in [0, 0.05) is 19.2 Å². The summed E-state index contributed by atoms with van der Waals surface area (Å²) >= 11 is 0. The van der Waals surface area contributed by atoms with E-state index in [1.165, 1.54) is 0 Å². The van der Waals surface area contributed by atoms with E-state index >= 15 is 0 Å². The summed E-state index contributed by atoms with van der Waals surface area (Å²) in [6.45, 7) is 0.0762. The van der Waals surface area contributed by atoms with Gasteiger partial charge in [-0.05, 0) is 11.3 Å². The van der Waals surface area contributed by atoms with Crippen LogP contribution in [-0.4, -0.2) is 32.1 Å². The topological polar surface area (TPSA) is 74.7 Å². The van der Waals surface area contributed by atoms with Crippen molar-refractivity contribution in [2.75, 3.05) is 6.61 Å². The maximum Gasteiger partial charge on any atom is 0.114 e. The molecule has 0 aliphatic rings. The third kappa shape index (κ3) is 1.04. The molecule has 12 heavy (non-hydrogen) atoms. The summed E-state index contributed by atoms with van der Waals surface area (Å²) in [4.78, 5) is 3.00. The molecular weight excluding hydrogens is 156 g/mol. The third-order valence-electron chi connectivity index (χ3n) is 1.68. The molecule has 0 bridgehead atoms. The number of hydrogen-bond donors (Lipinski definition) is 2. The minimum atomic E-state index is 0.0762. The van der Waals surface area contributed by atoms with Gasteiger partial charge in [-0.15, -0.1) is 10.2 Å². The summed E-state index contributed by atoms with van der Waals surface area (Å²) in [6, 6.07) is 1.82. The largest absolute Gasteiger partial charge is 0.396 e. The van der Waals surface area contributed by atoms with Crippen LogP contribution in [0.3, 0.4) is 0 Å². The lowest BCUT2D eigenvalue weighted by Crippen LogP contribution is -1.99. The van der Waals surface area contributed by atoms with Gasteiger partial charge in [-0.3, -0.25) is 0 Å². The van der Waals surface area contributed by atoms with E-state index in [9.17, 15) is 0 Å². The quantitative estimate of drug-likeness (QED) is 0.649. The van der Waals surface area contributed by atoms with Crippen molar-refractivity contribution in [1.82, 2.24) is 20.4 Å². The van der Waals surface area contributed by atoms with E-state index in [0.29, 0.717) is 6.42 Å². The Balaban J connectivity index is 2.57. The number of aromatic amines is 1. The fourth-order valence-electron chi connectivity index (χ4n) is 1.13. The average Bonchev–Trinajstić information content (AvgIpc) is 2.53. The second-order valence-corrected chi connectivity index (χ2v) is 2.45. The van der Waals surface area contributed by atoms with E-state index in [2.05, 4.69) is 20.4 Å². The maximum absolute atomic E-state index is 8.71. The molecule has 0 atom stereocenters. The van der Waals surface area contributed by atoms with Crippen LogP contribution in [-0.2, 0) is 6.42 Å². The number of fused-ring (bicyclic) bond motifs is 1.